The molecule has 3 rings (SSSR count). The van der Waals surface area contributed by atoms with Gasteiger partial charge in [0, 0.05) is 17.5 Å². The highest BCUT2D eigenvalue weighted by Crippen LogP contribution is 2.22. The molecule has 2 aromatic carbocycles. The van der Waals surface area contributed by atoms with Crippen molar-refractivity contribution in [3.05, 3.63) is 82.1 Å². The van der Waals surface area contributed by atoms with Crippen LogP contribution in [0.1, 0.15) is 29.3 Å². The van der Waals surface area contributed by atoms with E-state index in [1.807, 2.05) is 13.0 Å². The molecular formula is C23H20FN3O2S. The number of anilines is 1. The van der Waals surface area contributed by atoms with Gasteiger partial charge in [-0.2, -0.15) is 5.26 Å². The number of hydrogen-bond donors (Lipinski definition) is 1. The Hall–Kier alpha value is -3.50. The lowest BCUT2D eigenvalue weighted by molar-refractivity contribution is -0.112. The van der Waals surface area contributed by atoms with Gasteiger partial charge in [0.05, 0.1) is 6.61 Å². The standard InChI is InChI=1S/C23H20FN3O2S/c1-2-11-29-20-9-5-16(6-10-20)12-18(14-25)22(28)27-23-26-15-21(30-23)13-17-3-7-19(24)8-4-17/h3-10,12,15H,2,11,13H2,1H3,(H,26,27,28)/b18-12-. The Morgan fingerprint density at radius 2 is 1.97 bits per heavy atom. The van der Waals surface area contributed by atoms with Crippen LogP contribution in [0.5, 0.6) is 5.75 Å². The zero-order valence-corrected chi connectivity index (χ0v) is 17.2. The summed E-state index contributed by atoms with van der Waals surface area (Å²) in [4.78, 5) is 17.6. The van der Waals surface area contributed by atoms with E-state index in [9.17, 15) is 14.4 Å². The molecule has 0 bridgehead atoms. The van der Waals surface area contributed by atoms with Crippen molar-refractivity contribution in [1.29, 1.82) is 5.26 Å². The number of nitriles is 1. The van der Waals surface area contributed by atoms with Gasteiger partial charge in [-0.05, 0) is 47.9 Å². The van der Waals surface area contributed by atoms with Gasteiger partial charge in [-0.3, -0.25) is 10.1 Å². The molecule has 0 unspecified atom stereocenters. The number of hydrogen-bond acceptors (Lipinski definition) is 5. The average molecular weight is 421 g/mol. The van der Waals surface area contributed by atoms with Crippen LogP contribution < -0.4 is 10.1 Å². The molecule has 0 radical (unpaired) electrons. The van der Waals surface area contributed by atoms with Gasteiger partial charge in [-0.25, -0.2) is 9.37 Å². The number of nitrogens with one attached hydrogen (secondary N) is 1. The number of carbonyl (C=O) groups is 1. The maximum absolute atomic E-state index is 13.0. The number of halogens is 1. The first-order valence-corrected chi connectivity index (χ1v) is 10.2. The molecule has 7 heteroatoms. The second kappa shape index (κ2) is 10.3. The highest BCUT2D eigenvalue weighted by atomic mass is 32.1. The van der Waals surface area contributed by atoms with Crippen molar-refractivity contribution < 1.29 is 13.9 Å². The molecule has 0 aliphatic heterocycles. The van der Waals surface area contributed by atoms with Crippen molar-refractivity contribution in [1.82, 2.24) is 4.98 Å². The zero-order valence-electron chi connectivity index (χ0n) is 16.4. The highest BCUT2D eigenvalue weighted by molar-refractivity contribution is 7.15. The molecule has 0 atom stereocenters. The van der Waals surface area contributed by atoms with Crippen molar-refractivity contribution in [3.8, 4) is 11.8 Å². The van der Waals surface area contributed by atoms with Gasteiger partial charge in [-0.1, -0.05) is 31.2 Å². The molecule has 0 saturated heterocycles. The summed E-state index contributed by atoms with van der Waals surface area (Å²) in [5.41, 5.74) is 1.65. The number of benzene rings is 2. The minimum Gasteiger partial charge on any atom is -0.494 e. The average Bonchev–Trinajstić information content (AvgIpc) is 3.19. The van der Waals surface area contributed by atoms with Gasteiger partial charge in [0.2, 0.25) is 0 Å². The van der Waals surface area contributed by atoms with Crippen LogP contribution in [-0.4, -0.2) is 17.5 Å². The van der Waals surface area contributed by atoms with E-state index in [4.69, 9.17) is 4.74 Å². The van der Waals surface area contributed by atoms with Crippen LogP contribution in [0.3, 0.4) is 0 Å². The van der Waals surface area contributed by atoms with E-state index in [0.29, 0.717) is 18.2 Å². The minimum atomic E-state index is -0.522. The minimum absolute atomic E-state index is 0.0208. The molecule has 1 amide bonds. The first-order chi connectivity index (χ1) is 14.6. The fourth-order valence-electron chi connectivity index (χ4n) is 2.61. The Labute approximate surface area is 178 Å². The predicted octanol–water partition coefficient (Wildman–Crippen LogP) is 5.21. The first-order valence-electron chi connectivity index (χ1n) is 9.42. The van der Waals surface area contributed by atoms with Crippen LogP contribution in [-0.2, 0) is 11.2 Å². The molecule has 1 aromatic heterocycles. The van der Waals surface area contributed by atoms with Crippen molar-refractivity contribution >= 4 is 28.5 Å². The summed E-state index contributed by atoms with van der Waals surface area (Å²) in [6, 6.07) is 15.4. The normalized spacial score (nSPS) is 11.0. The fraction of sp³-hybridized carbons (Fsp3) is 0.174. The first kappa shape index (κ1) is 21.2. The summed E-state index contributed by atoms with van der Waals surface area (Å²) in [5.74, 6) is -0.0603. The molecule has 30 heavy (non-hydrogen) atoms. The second-order valence-corrected chi connectivity index (χ2v) is 7.59. The third-order valence-electron chi connectivity index (χ3n) is 4.09. The predicted molar refractivity (Wildman–Crippen MR) is 116 cm³/mol. The van der Waals surface area contributed by atoms with Gasteiger partial charge >= 0.3 is 0 Å². The summed E-state index contributed by atoms with van der Waals surface area (Å²) >= 11 is 1.31. The molecule has 1 N–H and O–H groups in total. The Balaban J connectivity index is 1.63. The molecule has 5 nitrogen and oxygen atoms in total. The lowest BCUT2D eigenvalue weighted by Crippen LogP contribution is -2.13. The summed E-state index contributed by atoms with van der Waals surface area (Å²) < 4.78 is 18.5. The summed E-state index contributed by atoms with van der Waals surface area (Å²) in [6.07, 6.45) is 4.68. The van der Waals surface area contributed by atoms with Gasteiger partial charge in [0.25, 0.3) is 5.91 Å². The Morgan fingerprint density at radius 1 is 1.23 bits per heavy atom. The van der Waals surface area contributed by atoms with Crippen molar-refractivity contribution in [2.75, 3.05) is 11.9 Å². The second-order valence-electron chi connectivity index (χ2n) is 6.48. The van der Waals surface area contributed by atoms with Crippen LogP contribution in [0.15, 0.2) is 60.3 Å². The van der Waals surface area contributed by atoms with Crippen molar-refractivity contribution in [2.24, 2.45) is 0 Å². The van der Waals surface area contributed by atoms with Gasteiger partial charge in [0.15, 0.2) is 5.13 Å². The lowest BCUT2D eigenvalue weighted by atomic mass is 10.1. The molecule has 3 aromatic rings. The largest absolute Gasteiger partial charge is 0.494 e. The molecule has 0 aliphatic carbocycles. The van der Waals surface area contributed by atoms with Crippen LogP contribution in [0.25, 0.3) is 6.08 Å². The van der Waals surface area contributed by atoms with E-state index < -0.39 is 5.91 Å². The van der Waals surface area contributed by atoms with E-state index >= 15 is 0 Å². The van der Waals surface area contributed by atoms with Crippen molar-refractivity contribution in [2.45, 2.75) is 19.8 Å². The fourth-order valence-corrected chi connectivity index (χ4v) is 3.45. The number of thiazole rings is 1. The molecule has 0 aliphatic rings. The number of nitrogens with zero attached hydrogens (tertiary/aromatic N) is 2. The number of ether oxygens (including phenoxy) is 1. The smallest absolute Gasteiger partial charge is 0.268 e. The highest BCUT2D eigenvalue weighted by Gasteiger charge is 2.12. The third kappa shape index (κ3) is 6.00. The van der Waals surface area contributed by atoms with Crippen LogP contribution in [0.4, 0.5) is 9.52 Å². The lowest BCUT2D eigenvalue weighted by Gasteiger charge is -2.04. The van der Waals surface area contributed by atoms with Gasteiger partial charge < -0.3 is 4.74 Å². The third-order valence-corrected chi connectivity index (χ3v) is 5.01. The SMILES string of the molecule is CCCOc1ccc(/C=C(/C#N)C(=O)Nc2ncc(Cc3ccc(F)cc3)s2)cc1. The number of aromatic nitrogens is 1. The van der Waals surface area contributed by atoms with E-state index in [1.54, 1.807) is 42.6 Å². The summed E-state index contributed by atoms with van der Waals surface area (Å²) in [6.45, 7) is 2.67. The van der Waals surface area contributed by atoms with E-state index in [2.05, 4.69) is 10.3 Å². The Bertz CT molecular complexity index is 1070. The Morgan fingerprint density at radius 3 is 2.63 bits per heavy atom. The van der Waals surface area contributed by atoms with E-state index in [-0.39, 0.29) is 11.4 Å². The van der Waals surface area contributed by atoms with E-state index in [0.717, 1.165) is 28.2 Å². The number of rotatable bonds is 8. The maximum atomic E-state index is 13.0. The summed E-state index contributed by atoms with van der Waals surface area (Å²) in [5, 5.41) is 12.4. The Kier molecular flexibility index (Phi) is 7.30. The van der Waals surface area contributed by atoms with Crippen LogP contribution >= 0.6 is 11.3 Å². The molecule has 152 valence electrons. The number of carbonyl (C=O) groups excluding carboxylic acids is 1. The summed E-state index contributed by atoms with van der Waals surface area (Å²) in [7, 11) is 0. The van der Waals surface area contributed by atoms with Crippen molar-refractivity contribution in [3.63, 3.8) is 0 Å². The molecule has 0 spiro atoms. The van der Waals surface area contributed by atoms with Crippen LogP contribution in [0, 0.1) is 17.1 Å². The number of amides is 1. The quantitative estimate of drug-likeness (QED) is 0.400. The van der Waals surface area contributed by atoms with Gasteiger partial charge in [-0.15, -0.1) is 11.3 Å². The van der Waals surface area contributed by atoms with Gasteiger partial charge in [0.1, 0.15) is 23.2 Å². The monoisotopic (exact) mass is 421 g/mol. The molecule has 0 fully saturated rings. The van der Waals surface area contributed by atoms with E-state index in [1.165, 1.54) is 29.5 Å². The topological polar surface area (TPSA) is 75.0 Å². The van der Waals surface area contributed by atoms with Crippen LogP contribution in [0.2, 0.25) is 0 Å². The maximum Gasteiger partial charge on any atom is 0.268 e. The zero-order chi connectivity index (χ0) is 21.3. The molecule has 1 heterocycles. The molecular weight excluding hydrogens is 401 g/mol. The molecule has 0 saturated carbocycles.